The molecule has 1 aromatic carbocycles. The maximum atomic E-state index is 13.2. The minimum atomic E-state index is -4.20. The van der Waals surface area contributed by atoms with E-state index in [0.29, 0.717) is 22.3 Å². The van der Waals surface area contributed by atoms with Crippen molar-refractivity contribution in [3.63, 3.8) is 0 Å². The topological polar surface area (TPSA) is 141 Å². The van der Waals surface area contributed by atoms with Crippen LogP contribution in [0.4, 0.5) is 14.7 Å². The molecule has 3 aromatic heterocycles. The molecule has 0 aliphatic rings. The molecule has 0 radical (unpaired) electrons. The van der Waals surface area contributed by atoms with Crippen molar-refractivity contribution in [3.8, 4) is 28.9 Å². The molecule has 34 heavy (non-hydrogen) atoms. The van der Waals surface area contributed by atoms with Crippen molar-refractivity contribution in [2.75, 3.05) is 25.5 Å². The van der Waals surface area contributed by atoms with Crippen LogP contribution in [-0.2, 0) is 10.0 Å². The number of anilines is 1. The van der Waals surface area contributed by atoms with E-state index in [1.807, 2.05) is 0 Å². The fourth-order valence-electron chi connectivity index (χ4n) is 3.15. The lowest BCUT2D eigenvalue weighted by Crippen LogP contribution is -2.16. The number of nitrogens with one attached hydrogen (secondary N) is 2. The van der Waals surface area contributed by atoms with E-state index >= 15 is 0 Å². The van der Waals surface area contributed by atoms with Gasteiger partial charge in [-0.15, -0.1) is 0 Å². The van der Waals surface area contributed by atoms with E-state index in [9.17, 15) is 17.2 Å². The van der Waals surface area contributed by atoms with E-state index in [1.165, 1.54) is 20.4 Å². The van der Waals surface area contributed by atoms with Gasteiger partial charge in [-0.05, 0) is 12.1 Å². The monoisotopic (exact) mass is 492 g/mol. The summed E-state index contributed by atoms with van der Waals surface area (Å²) < 4.78 is 68.8. The Morgan fingerprint density at radius 3 is 2.35 bits per heavy atom. The van der Waals surface area contributed by atoms with Crippen molar-refractivity contribution < 1.29 is 31.4 Å². The Bertz CT molecular complexity index is 1390. The second kappa shape index (κ2) is 9.43. The number of rotatable bonds is 9. The maximum Gasteiger partial charge on any atom is 0.272 e. The first-order chi connectivity index (χ1) is 16.3. The molecule has 0 saturated carbocycles. The normalized spacial score (nSPS) is 11.6. The third-order valence-corrected chi connectivity index (χ3v) is 5.91. The number of H-pyrrole nitrogens is 1. The summed E-state index contributed by atoms with van der Waals surface area (Å²) in [7, 11) is -1.78. The zero-order chi connectivity index (χ0) is 24.3. The third-order valence-electron chi connectivity index (χ3n) is 4.54. The second-order valence-corrected chi connectivity index (χ2v) is 8.31. The number of hydrogen-bond acceptors (Lipinski definition) is 9. The van der Waals surface area contributed by atoms with E-state index < -0.39 is 29.0 Å². The number of aromatic nitrogens is 5. The molecule has 0 spiro atoms. The Morgan fingerprint density at radius 1 is 1.06 bits per heavy atom. The number of hydrogen-bond donors (Lipinski definition) is 2. The van der Waals surface area contributed by atoms with Crippen molar-refractivity contribution >= 4 is 26.9 Å². The smallest absolute Gasteiger partial charge is 0.272 e. The number of sulfonamides is 1. The predicted molar refractivity (Wildman–Crippen MR) is 117 cm³/mol. The van der Waals surface area contributed by atoms with Gasteiger partial charge in [-0.3, -0.25) is 0 Å². The first-order valence-electron chi connectivity index (χ1n) is 9.65. The van der Waals surface area contributed by atoms with Crippen LogP contribution in [0.2, 0.25) is 0 Å². The van der Waals surface area contributed by atoms with Crippen LogP contribution >= 0.6 is 0 Å². The number of alkyl halides is 2. The van der Waals surface area contributed by atoms with Crippen molar-refractivity contribution in [2.24, 2.45) is 0 Å². The van der Waals surface area contributed by atoms with Crippen LogP contribution < -0.4 is 18.9 Å². The van der Waals surface area contributed by atoms with Crippen LogP contribution in [-0.4, -0.2) is 60.6 Å². The predicted octanol–water partition coefficient (Wildman–Crippen LogP) is 2.88. The van der Waals surface area contributed by atoms with Crippen molar-refractivity contribution in [2.45, 2.75) is 11.3 Å². The standard InChI is InChI=1S/C20H18F2N6O5S/c1-31-18-16(33-10-14(21)22)19(32-2)27-20(26-18)28-34(29,30)13-9-25-15-11(13)5-3-6-12(15)17-23-7-4-8-24-17/h3-9,14,25H,10H2,1-2H3,(H,26,27,28). The van der Waals surface area contributed by atoms with Gasteiger partial charge in [0.1, 0.15) is 11.5 Å². The van der Waals surface area contributed by atoms with E-state index in [2.05, 4.69) is 29.6 Å². The molecule has 0 amide bonds. The van der Waals surface area contributed by atoms with Gasteiger partial charge in [0, 0.05) is 29.5 Å². The van der Waals surface area contributed by atoms with Gasteiger partial charge in [0.2, 0.25) is 11.7 Å². The number of nitrogens with zero attached hydrogens (tertiary/aromatic N) is 4. The molecule has 0 bridgehead atoms. The van der Waals surface area contributed by atoms with Gasteiger partial charge < -0.3 is 19.2 Å². The lowest BCUT2D eigenvalue weighted by atomic mass is 10.1. The summed E-state index contributed by atoms with van der Waals surface area (Å²) in [6.07, 6.45) is 1.71. The Balaban J connectivity index is 1.71. The average molecular weight is 492 g/mol. The number of ether oxygens (including phenoxy) is 3. The number of aromatic amines is 1. The number of fused-ring (bicyclic) bond motifs is 1. The summed E-state index contributed by atoms with van der Waals surface area (Å²) in [5.41, 5.74) is 1.13. The molecule has 0 aliphatic carbocycles. The second-order valence-electron chi connectivity index (χ2n) is 6.66. The molecule has 0 fully saturated rings. The molecule has 4 rings (SSSR count). The fourth-order valence-corrected chi connectivity index (χ4v) is 4.27. The maximum absolute atomic E-state index is 13.2. The van der Waals surface area contributed by atoms with Gasteiger partial charge >= 0.3 is 0 Å². The SMILES string of the molecule is COc1nc(NS(=O)(=O)c2c[nH]c3c(-c4ncccn4)cccc23)nc(OC)c1OCC(F)F. The van der Waals surface area contributed by atoms with Crippen LogP contribution in [0.5, 0.6) is 17.5 Å². The molecular weight excluding hydrogens is 474 g/mol. The highest BCUT2D eigenvalue weighted by Gasteiger charge is 2.25. The summed E-state index contributed by atoms with van der Waals surface area (Å²) >= 11 is 0. The van der Waals surface area contributed by atoms with Crippen molar-refractivity contribution in [1.29, 1.82) is 0 Å². The average Bonchev–Trinajstić information content (AvgIpc) is 3.28. The third kappa shape index (κ3) is 4.52. The van der Waals surface area contributed by atoms with E-state index in [4.69, 9.17) is 14.2 Å². The number of benzene rings is 1. The Hall–Kier alpha value is -4.07. The minimum absolute atomic E-state index is 0.0835. The van der Waals surface area contributed by atoms with Crippen molar-refractivity contribution in [1.82, 2.24) is 24.9 Å². The highest BCUT2D eigenvalue weighted by atomic mass is 32.2. The fraction of sp³-hybridized carbons (Fsp3) is 0.200. The van der Waals surface area contributed by atoms with Gasteiger partial charge in [-0.2, -0.15) is 9.97 Å². The van der Waals surface area contributed by atoms with Gasteiger partial charge in [0.15, 0.2) is 5.82 Å². The first kappa shape index (κ1) is 23.1. The molecule has 2 N–H and O–H groups in total. The molecule has 0 saturated heterocycles. The highest BCUT2D eigenvalue weighted by molar-refractivity contribution is 7.93. The number of methoxy groups -OCH3 is 2. The first-order valence-corrected chi connectivity index (χ1v) is 11.1. The molecule has 3 heterocycles. The highest BCUT2D eigenvalue weighted by Crippen LogP contribution is 2.36. The van der Waals surface area contributed by atoms with E-state index in [0.717, 1.165) is 0 Å². The lowest BCUT2D eigenvalue weighted by Gasteiger charge is -2.14. The number of halogens is 2. The summed E-state index contributed by atoms with van der Waals surface area (Å²) in [6.45, 7) is -0.954. The molecular formula is C20H18F2N6O5S. The van der Waals surface area contributed by atoms with Gasteiger partial charge in [-0.1, -0.05) is 12.1 Å². The Kier molecular flexibility index (Phi) is 6.40. The molecule has 4 aromatic rings. The molecule has 14 heteroatoms. The van der Waals surface area contributed by atoms with E-state index in [1.54, 1.807) is 36.7 Å². The van der Waals surface area contributed by atoms with Crippen molar-refractivity contribution in [3.05, 3.63) is 42.9 Å². The number of para-hydroxylation sites is 1. The van der Waals surface area contributed by atoms with E-state index in [-0.39, 0.29) is 22.4 Å². The van der Waals surface area contributed by atoms with Gasteiger partial charge in [-0.25, -0.2) is 31.9 Å². The summed E-state index contributed by atoms with van der Waals surface area (Å²) in [6, 6.07) is 6.73. The largest absolute Gasteiger partial charge is 0.478 e. The molecule has 178 valence electrons. The lowest BCUT2D eigenvalue weighted by molar-refractivity contribution is 0.0781. The summed E-state index contributed by atoms with van der Waals surface area (Å²) in [5.74, 6) is -0.841. The zero-order valence-electron chi connectivity index (χ0n) is 17.8. The van der Waals surface area contributed by atoms with Crippen LogP contribution in [0.1, 0.15) is 0 Å². The Labute approximate surface area is 192 Å². The van der Waals surface area contributed by atoms with Crippen LogP contribution in [0, 0.1) is 0 Å². The zero-order valence-corrected chi connectivity index (χ0v) is 18.6. The van der Waals surface area contributed by atoms with Gasteiger partial charge in [0.25, 0.3) is 28.2 Å². The molecule has 0 atom stereocenters. The summed E-state index contributed by atoms with van der Waals surface area (Å²) in [5, 5.41) is 0.383. The minimum Gasteiger partial charge on any atom is -0.478 e. The molecule has 0 unspecified atom stereocenters. The Morgan fingerprint density at radius 2 is 1.74 bits per heavy atom. The quantitative estimate of drug-likeness (QED) is 0.361. The van der Waals surface area contributed by atoms with Crippen LogP contribution in [0.3, 0.4) is 0 Å². The molecule has 11 nitrogen and oxygen atoms in total. The van der Waals surface area contributed by atoms with Crippen LogP contribution in [0.15, 0.2) is 47.8 Å². The van der Waals surface area contributed by atoms with Crippen LogP contribution in [0.25, 0.3) is 22.3 Å². The molecule has 0 aliphatic heterocycles. The van der Waals surface area contributed by atoms with Gasteiger partial charge in [0.05, 0.1) is 19.7 Å². The summed E-state index contributed by atoms with van der Waals surface area (Å²) in [4.78, 5) is 19.1.